The zero-order chi connectivity index (χ0) is 6.01. The first-order chi connectivity index (χ1) is 4.00. The SMILES string of the molecule is [CH2]1[CH2][Pd]1234([CH2][CH2]2)([CH2][CH2]3)[CH2][CH2]4. The molecule has 58 valence electrons. The molecule has 0 atom stereocenters. The van der Waals surface area contributed by atoms with E-state index in [0.717, 1.165) is 0 Å². The van der Waals surface area contributed by atoms with Crippen LogP contribution in [-0.2, 0) is 10.7 Å². The van der Waals surface area contributed by atoms with Gasteiger partial charge in [-0.25, -0.2) is 0 Å². The van der Waals surface area contributed by atoms with Gasteiger partial charge in [-0.1, -0.05) is 0 Å². The Hall–Kier alpha value is 0.662. The summed E-state index contributed by atoms with van der Waals surface area (Å²) in [6, 6.07) is 0. The van der Waals surface area contributed by atoms with Gasteiger partial charge in [0.15, 0.2) is 0 Å². The molecule has 4 heterocycles. The fraction of sp³-hybridized carbons (Fsp3) is 1.00. The predicted molar refractivity (Wildman–Crippen MR) is 38.5 cm³/mol. The summed E-state index contributed by atoms with van der Waals surface area (Å²) in [5.41, 5.74) is 0. The van der Waals surface area contributed by atoms with Crippen LogP contribution >= 0.6 is 0 Å². The summed E-state index contributed by atoms with van der Waals surface area (Å²) in [7, 11) is -2.02. The monoisotopic (exact) mass is 218 g/mol. The van der Waals surface area contributed by atoms with Crippen LogP contribution in [0.2, 0.25) is 39.1 Å². The Bertz CT molecular complexity index is 218. The van der Waals surface area contributed by atoms with Crippen LogP contribution in [0.25, 0.3) is 0 Å². The zero-order valence-corrected chi connectivity index (χ0v) is 7.53. The third kappa shape index (κ3) is 0.139. The van der Waals surface area contributed by atoms with Crippen molar-refractivity contribution in [3.05, 3.63) is 0 Å². The average Bonchev–Trinajstić information content (AvgIpc) is 2.85. The summed E-state index contributed by atoms with van der Waals surface area (Å²) in [5, 5.41) is 0. The molecule has 0 radical (unpaired) electrons. The third-order valence-corrected chi connectivity index (χ3v) is 35.5. The topological polar surface area (TPSA) is 0 Å². The first kappa shape index (κ1) is 4.52. The third-order valence-electron chi connectivity index (χ3n) is 6.00. The van der Waals surface area contributed by atoms with Gasteiger partial charge in [-0.15, -0.1) is 0 Å². The van der Waals surface area contributed by atoms with Gasteiger partial charge in [-0.2, -0.15) is 0 Å². The minimum atomic E-state index is -2.02. The van der Waals surface area contributed by atoms with Crippen molar-refractivity contribution < 1.29 is 10.7 Å². The quantitative estimate of drug-likeness (QED) is 0.544. The Morgan fingerprint density at radius 1 is 0.444 bits per heavy atom. The molecule has 1 spiro atoms. The van der Waals surface area contributed by atoms with Crippen molar-refractivity contribution in [3.63, 3.8) is 0 Å². The van der Waals surface area contributed by atoms with E-state index in [4.69, 9.17) is 0 Å². The van der Waals surface area contributed by atoms with E-state index in [1.54, 1.807) is 39.1 Å². The van der Waals surface area contributed by atoms with Gasteiger partial charge >= 0.3 is 49.8 Å². The van der Waals surface area contributed by atoms with Gasteiger partial charge in [0.2, 0.25) is 0 Å². The van der Waals surface area contributed by atoms with E-state index in [1.165, 1.54) is 0 Å². The molecule has 0 amide bonds. The fourth-order valence-corrected chi connectivity index (χ4v) is 40.9. The van der Waals surface area contributed by atoms with Crippen molar-refractivity contribution in [1.29, 1.82) is 0 Å². The van der Waals surface area contributed by atoms with Gasteiger partial charge < -0.3 is 0 Å². The van der Waals surface area contributed by atoms with E-state index in [1.807, 2.05) is 0 Å². The van der Waals surface area contributed by atoms with Crippen molar-refractivity contribution in [1.82, 2.24) is 0 Å². The maximum absolute atomic E-state index is 2.02. The second-order valence-electron chi connectivity index (χ2n) is 5.69. The average molecular weight is 219 g/mol. The molecule has 4 aliphatic rings. The van der Waals surface area contributed by atoms with E-state index in [9.17, 15) is 0 Å². The van der Waals surface area contributed by atoms with Crippen LogP contribution in [0.4, 0.5) is 0 Å². The molecule has 0 aromatic heterocycles. The number of hydrogen-bond donors (Lipinski definition) is 0. The summed E-state index contributed by atoms with van der Waals surface area (Å²) in [6.45, 7) is 0. The van der Waals surface area contributed by atoms with Crippen molar-refractivity contribution in [2.45, 2.75) is 39.1 Å². The Kier molecular flexibility index (Phi) is 0.190. The van der Waals surface area contributed by atoms with Crippen LogP contribution in [0, 0.1) is 0 Å². The minimum absolute atomic E-state index is 1.79. The van der Waals surface area contributed by atoms with Crippen LogP contribution in [0.1, 0.15) is 0 Å². The molecule has 0 bridgehead atoms. The van der Waals surface area contributed by atoms with Crippen molar-refractivity contribution >= 4 is 0 Å². The standard InChI is InChI=1S/4C2H4.Pd/c4*1-2;/h4*1-2H2;. The molecule has 0 aromatic carbocycles. The van der Waals surface area contributed by atoms with Gasteiger partial charge in [0.05, 0.1) is 0 Å². The van der Waals surface area contributed by atoms with E-state index in [0.29, 0.717) is 0 Å². The van der Waals surface area contributed by atoms with Crippen LogP contribution in [-0.4, -0.2) is 0 Å². The molecule has 0 unspecified atom stereocenters. The van der Waals surface area contributed by atoms with Crippen LogP contribution in [0.3, 0.4) is 0 Å². The van der Waals surface area contributed by atoms with Crippen molar-refractivity contribution in [2.24, 2.45) is 0 Å². The molecule has 1 heteroatoms. The first-order valence-electron chi connectivity index (χ1n) is 3.79. The summed E-state index contributed by atoms with van der Waals surface area (Å²) >= 11 is 0. The molecule has 0 nitrogen and oxygen atoms in total. The molecule has 4 saturated heterocycles. The normalized spacial score (nSPS) is 78.2. The molecular formula is C8H16Pd. The van der Waals surface area contributed by atoms with Gasteiger partial charge in [0.25, 0.3) is 0 Å². The van der Waals surface area contributed by atoms with E-state index in [-0.39, 0.29) is 0 Å². The Morgan fingerprint density at radius 3 is 0.667 bits per heavy atom. The second-order valence-corrected chi connectivity index (χ2v) is 33.7. The molecule has 0 N–H and O–H groups in total. The summed E-state index contributed by atoms with van der Waals surface area (Å²) < 4.78 is 0. The molecule has 4 fully saturated rings. The fourth-order valence-electron chi connectivity index (χ4n) is 2.75. The molecule has 0 aliphatic carbocycles. The molecule has 0 saturated carbocycles. The molecule has 0 aromatic rings. The summed E-state index contributed by atoms with van der Waals surface area (Å²) in [5.74, 6) is 0. The van der Waals surface area contributed by atoms with E-state index < -0.39 is 10.7 Å². The number of hydrogen-bond acceptors (Lipinski definition) is 0. The summed E-state index contributed by atoms with van der Waals surface area (Å²) in [4.78, 5) is 14.3. The van der Waals surface area contributed by atoms with Crippen molar-refractivity contribution in [2.75, 3.05) is 0 Å². The van der Waals surface area contributed by atoms with E-state index >= 15 is 0 Å². The first-order valence-corrected chi connectivity index (χ1v) is 12.6. The van der Waals surface area contributed by atoms with Gasteiger partial charge in [-0.3, -0.25) is 0 Å². The second kappa shape index (κ2) is 0.378. The Morgan fingerprint density at radius 2 is 0.667 bits per heavy atom. The molecular weight excluding hydrogens is 203 g/mol. The summed E-state index contributed by atoms with van der Waals surface area (Å²) in [6.07, 6.45) is 0. The predicted octanol–water partition coefficient (Wildman–Crippen LogP) is 3.68. The van der Waals surface area contributed by atoms with Gasteiger partial charge in [0, 0.05) is 0 Å². The Balaban J connectivity index is 2.50. The van der Waals surface area contributed by atoms with Crippen LogP contribution < -0.4 is 0 Å². The Labute approximate surface area is 50.1 Å². The zero-order valence-electron chi connectivity index (χ0n) is 5.97. The van der Waals surface area contributed by atoms with Crippen LogP contribution in [0.5, 0.6) is 0 Å². The molecule has 9 heavy (non-hydrogen) atoms. The number of rotatable bonds is 0. The van der Waals surface area contributed by atoms with Crippen molar-refractivity contribution in [3.8, 4) is 0 Å². The molecule has 4 rings (SSSR count). The molecule has 4 aliphatic heterocycles. The van der Waals surface area contributed by atoms with E-state index in [2.05, 4.69) is 0 Å². The van der Waals surface area contributed by atoms with Crippen LogP contribution in [0.15, 0.2) is 0 Å². The van der Waals surface area contributed by atoms with Gasteiger partial charge in [-0.05, 0) is 0 Å². The maximum atomic E-state index is 1.79. The van der Waals surface area contributed by atoms with Gasteiger partial charge in [0.1, 0.15) is 0 Å².